The molecule has 5 rings (SSSR count). The minimum absolute atomic E-state index is 0.0410. The van der Waals surface area contributed by atoms with E-state index in [1.165, 1.54) is 12.0 Å². The maximum Gasteiger partial charge on any atom is 0.254 e. The molecule has 1 aromatic carbocycles. The van der Waals surface area contributed by atoms with Gasteiger partial charge in [-0.25, -0.2) is 4.98 Å². The number of aryl methyl sites for hydroxylation is 1. The van der Waals surface area contributed by atoms with Crippen molar-refractivity contribution in [2.24, 2.45) is 0 Å². The molecule has 6 nitrogen and oxygen atoms in total. The Morgan fingerprint density at radius 1 is 1.15 bits per heavy atom. The van der Waals surface area contributed by atoms with Crippen molar-refractivity contribution in [2.75, 3.05) is 13.2 Å². The van der Waals surface area contributed by atoms with Crippen molar-refractivity contribution in [2.45, 2.75) is 51.2 Å². The molecule has 1 saturated heterocycles. The molecular weight excluding hydrogens is 330 g/mol. The number of hydrogen-bond acceptors (Lipinski definition) is 5. The van der Waals surface area contributed by atoms with Crippen LogP contribution in [0, 0.1) is 6.92 Å². The number of nitrogens with one attached hydrogen (secondary N) is 1. The number of nitrogens with zero attached hydrogens (tertiary/aromatic N) is 2. The fourth-order valence-corrected chi connectivity index (χ4v) is 4.62. The number of fused-ring (bicyclic) bond motifs is 4. The Labute approximate surface area is 152 Å². The zero-order chi connectivity index (χ0) is 17.7. The second-order valence-electron chi connectivity index (χ2n) is 7.52. The monoisotopic (exact) mass is 353 g/mol. The van der Waals surface area contributed by atoms with Gasteiger partial charge in [0.05, 0.1) is 5.69 Å². The van der Waals surface area contributed by atoms with Crippen molar-refractivity contribution in [3.05, 3.63) is 51.2 Å². The van der Waals surface area contributed by atoms with E-state index in [0.717, 1.165) is 48.6 Å². The average Bonchev–Trinajstić information content (AvgIpc) is 2.90. The lowest BCUT2D eigenvalue weighted by molar-refractivity contribution is 0.169. The molecule has 4 heterocycles. The van der Waals surface area contributed by atoms with E-state index in [1.54, 1.807) is 0 Å². The first-order valence-electron chi connectivity index (χ1n) is 9.40. The normalized spacial score (nSPS) is 24.2. The Kier molecular flexibility index (Phi) is 3.74. The highest BCUT2D eigenvalue weighted by Crippen LogP contribution is 2.36. The van der Waals surface area contributed by atoms with Gasteiger partial charge < -0.3 is 14.5 Å². The van der Waals surface area contributed by atoms with E-state index in [4.69, 9.17) is 9.47 Å². The van der Waals surface area contributed by atoms with Crippen LogP contribution in [0.3, 0.4) is 0 Å². The molecule has 0 saturated carbocycles. The molecule has 2 aromatic rings. The van der Waals surface area contributed by atoms with Crippen LogP contribution in [0.4, 0.5) is 0 Å². The van der Waals surface area contributed by atoms with Crippen LogP contribution in [0.25, 0.3) is 0 Å². The van der Waals surface area contributed by atoms with E-state index >= 15 is 0 Å². The summed E-state index contributed by atoms with van der Waals surface area (Å²) < 4.78 is 11.4. The van der Waals surface area contributed by atoms with Crippen LogP contribution in [0.5, 0.6) is 11.5 Å². The van der Waals surface area contributed by atoms with Crippen LogP contribution in [0.2, 0.25) is 0 Å². The maximum atomic E-state index is 12.4. The SMILES string of the molecule is Cc1nc2c(c(=O)[nH]1)C[C@@H]1CC[C@@H](C2)N1Cc1ccc2c(c1)OCCO2. The molecular formula is C20H23N3O3. The third-order valence-corrected chi connectivity index (χ3v) is 5.83. The Morgan fingerprint density at radius 2 is 1.92 bits per heavy atom. The number of benzene rings is 1. The molecule has 136 valence electrons. The molecule has 26 heavy (non-hydrogen) atoms. The molecule has 0 spiro atoms. The van der Waals surface area contributed by atoms with Crippen molar-refractivity contribution in [1.29, 1.82) is 0 Å². The summed E-state index contributed by atoms with van der Waals surface area (Å²) in [6.45, 7) is 3.95. The topological polar surface area (TPSA) is 67.5 Å². The maximum absolute atomic E-state index is 12.4. The zero-order valence-corrected chi connectivity index (χ0v) is 15.0. The molecule has 1 fully saturated rings. The van der Waals surface area contributed by atoms with Crippen molar-refractivity contribution in [3.63, 3.8) is 0 Å². The van der Waals surface area contributed by atoms with Gasteiger partial charge in [0.2, 0.25) is 0 Å². The van der Waals surface area contributed by atoms with Gasteiger partial charge in [0.15, 0.2) is 11.5 Å². The fourth-order valence-electron chi connectivity index (χ4n) is 4.62. The van der Waals surface area contributed by atoms with E-state index in [-0.39, 0.29) is 5.56 Å². The Hall–Kier alpha value is -2.34. The van der Waals surface area contributed by atoms with Gasteiger partial charge in [-0.2, -0.15) is 0 Å². The Balaban J connectivity index is 1.43. The molecule has 1 N–H and O–H groups in total. The summed E-state index contributed by atoms with van der Waals surface area (Å²) in [5, 5.41) is 0. The molecule has 6 heteroatoms. The summed E-state index contributed by atoms with van der Waals surface area (Å²) in [6.07, 6.45) is 3.96. The lowest BCUT2D eigenvalue weighted by Gasteiger charge is -2.28. The van der Waals surface area contributed by atoms with Gasteiger partial charge in [0.25, 0.3) is 5.56 Å². The number of aromatic nitrogens is 2. The summed E-state index contributed by atoms with van der Waals surface area (Å²) in [4.78, 5) is 22.5. The van der Waals surface area contributed by atoms with E-state index in [9.17, 15) is 4.79 Å². The van der Waals surface area contributed by atoms with Crippen molar-refractivity contribution in [3.8, 4) is 11.5 Å². The standard InChI is InChI=1S/C20H23N3O3/c1-12-21-17-10-15-4-3-14(9-16(17)20(24)22-12)23(15)11-13-2-5-18-19(8-13)26-7-6-25-18/h2,5,8,14-15H,3-4,6-7,9-11H2,1H3,(H,21,22,24)/t14-,15-/m0/s1. The predicted octanol–water partition coefficient (Wildman–Crippen LogP) is 1.98. The third kappa shape index (κ3) is 2.69. The number of hydrogen-bond donors (Lipinski definition) is 1. The molecule has 1 aromatic heterocycles. The fraction of sp³-hybridized carbons (Fsp3) is 0.500. The molecule has 3 aliphatic rings. The lowest BCUT2D eigenvalue weighted by atomic mass is 9.98. The largest absolute Gasteiger partial charge is 0.486 e. The van der Waals surface area contributed by atoms with Crippen LogP contribution in [-0.2, 0) is 19.4 Å². The summed E-state index contributed by atoms with van der Waals surface area (Å²) in [7, 11) is 0. The molecule has 0 aliphatic carbocycles. The Bertz CT molecular complexity index is 908. The third-order valence-electron chi connectivity index (χ3n) is 5.83. The van der Waals surface area contributed by atoms with Crippen molar-refractivity contribution in [1.82, 2.24) is 14.9 Å². The minimum atomic E-state index is 0.0410. The average molecular weight is 353 g/mol. The zero-order valence-electron chi connectivity index (χ0n) is 15.0. The van der Waals surface area contributed by atoms with E-state index < -0.39 is 0 Å². The van der Waals surface area contributed by atoms with Crippen LogP contribution < -0.4 is 15.0 Å². The lowest BCUT2D eigenvalue weighted by Crippen LogP contribution is -2.36. The molecule has 2 bridgehead atoms. The van der Waals surface area contributed by atoms with E-state index in [2.05, 4.69) is 27.0 Å². The van der Waals surface area contributed by atoms with Gasteiger partial charge in [-0.15, -0.1) is 0 Å². The highest BCUT2D eigenvalue weighted by Gasteiger charge is 2.38. The van der Waals surface area contributed by atoms with Gasteiger partial charge in [-0.3, -0.25) is 9.69 Å². The van der Waals surface area contributed by atoms with Crippen LogP contribution in [0.15, 0.2) is 23.0 Å². The summed E-state index contributed by atoms with van der Waals surface area (Å²) in [5.74, 6) is 2.38. The smallest absolute Gasteiger partial charge is 0.254 e. The van der Waals surface area contributed by atoms with Crippen molar-refractivity contribution >= 4 is 0 Å². The van der Waals surface area contributed by atoms with Crippen LogP contribution in [-0.4, -0.2) is 40.2 Å². The van der Waals surface area contributed by atoms with Gasteiger partial charge in [-0.05, 0) is 43.9 Å². The number of H-pyrrole nitrogens is 1. The predicted molar refractivity (Wildman–Crippen MR) is 96.8 cm³/mol. The first kappa shape index (κ1) is 15.9. The summed E-state index contributed by atoms with van der Waals surface area (Å²) in [6, 6.07) is 7.08. The molecule has 3 aliphatic heterocycles. The van der Waals surface area contributed by atoms with E-state index in [0.29, 0.717) is 31.1 Å². The second-order valence-corrected chi connectivity index (χ2v) is 7.52. The molecule has 2 atom stereocenters. The number of rotatable bonds is 2. The van der Waals surface area contributed by atoms with Gasteiger partial charge in [0, 0.05) is 30.6 Å². The summed E-state index contributed by atoms with van der Waals surface area (Å²) in [5.41, 5.74) is 3.15. The highest BCUT2D eigenvalue weighted by molar-refractivity contribution is 5.44. The van der Waals surface area contributed by atoms with Crippen LogP contribution >= 0.6 is 0 Å². The summed E-state index contributed by atoms with van der Waals surface area (Å²) >= 11 is 0. The highest BCUT2D eigenvalue weighted by atomic mass is 16.6. The minimum Gasteiger partial charge on any atom is -0.486 e. The van der Waals surface area contributed by atoms with Gasteiger partial charge in [-0.1, -0.05) is 6.07 Å². The van der Waals surface area contributed by atoms with Gasteiger partial charge in [0.1, 0.15) is 19.0 Å². The van der Waals surface area contributed by atoms with Crippen molar-refractivity contribution < 1.29 is 9.47 Å². The van der Waals surface area contributed by atoms with Crippen LogP contribution in [0.1, 0.15) is 35.5 Å². The number of aromatic amines is 1. The van der Waals surface area contributed by atoms with E-state index in [1.807, 2.05) is 13.0 Å². The van der Waals surface area contributed by atoms with Gasteiger partial charge >= 0.3 is 0 Å². The Morgan fingerprint density at radius 3 is 2.77 bits per heavy atom. The molecule has 0 unspecified atom stereocenters. The quantitative estimate of drug-likeness (QED) is 0.894. The number of ether oxygens (including phenoxy) is 2. The molecule has 0 radical (unpaired) electrons. The first-order valence-corrected chi connectivity index (χ1v) is 9.40. The molecule has 0 amide bonds. The second kappa shape index (κ2) is 6.13. The first-order chi connectivity index (χ1) is 12.7.